The van der Waals surface area contributed by atoms with Gasteiger partial charge in [-0.3, -0.25) is 4.79 Å². The maximum atomic E-state index is 11.9. The van der Waals surface area contributed by atoms with Gasteiger partial charge in [-0.15, -0.1) is 0 Å². The van der Waals surface area contributed by atoms with Crippen molar-refractivity contribution in [1.82, 2.24) is 5.32 Å². The number of aliphatic hydroxyl groups excluding tert-OH is 3. The smallest absolute Gasteiger partial charge is 0.220 e. The Kier molecular flexibility index (Phi) is 20.2. The van der Waals surface area contributed by atoms with E-state index in [4.69, 9.17) is 0 Å². The van der Waals surface area contributed by atoms with Gasteiger partial charge in [0.2, 0.25) is 5.91 Å². The SMILES string of the molecule is CCCCCCCCCCCCCCC(O)[C@@H](O)C(CO)NC(=O)CCCCC. The molecule has 3 atom stereocenters. The molecule has 0 aliphatic rings. The Balaban J connectivity index is 3.72. The zero-order chi connectivity index (χ0) is 21.7. The molecule has 0 heterocycles. The molecule has 0 spiro atoms. The van der Waals surface area contributed by atoms with Crippen molar-refractivity contribution >= 4 is 5.91 Å². The van der Waals surface area contributed by atoms with Crippen molar-refractivity contribution in [3.8, 4) is 0 Å². The summed E-state index contributed by atoms with van der Waals surface area (Å²) in [6.45, 7) is 3.96. The van der Waals surface area contributed by atoms with Crippen LogP contribution in [0.15, 0.2) is 0 Å². The lowest BCUT2D eigenvalue weighted by Gasteiger charge is -2.26. The van der Waals surface area contributed by atoms with Gasteiger partial charge < -0.3 is 20.6 Å². The van der Waals surface area contributed by atoms with E-state index in [0.717, 1.165) is 38.5 Å². The number of carbonyl (C=O) groups is 1. The van der Waals surface area contributed by atoms with Gasteiger partial charge in [0.25, 0.3) is 0 Å². The molecule has 0 rings (SSSR count). The van der Waals surface area contributed by atoms with Gasteiger partial charge in [-0.1, -0.05) is 104 Å². The molecule has 2 unspecified atom stereocenters. The summed E-state index contributed by atoms with van der Waals surface area (Å²) in [5.74, 6) is -0.172. The lowest BCUT2D eigenvalue weighted by atomic mass is 9.99. The van der Waals surface area contributed by atoms with Crippen LogP contribution in [0.5, 0.6) is 0 Å². The molecule has 0 saturated heterocycles. The summed E-state index contributed by atoms with van der Waals surface area (Å²) in [6.07, 6.45) is 16.8. The molecule has 0 fully saturated rings. The largest absolute Gasteiger partial charge is 0.394 e. The molecule has 0 aliphatic carbocycles. The fraction of sp³-hybridized carbons (Fsp3) is 0.958. The van der Waals surface area contributed by atoms with Gasteiger partial charge in [0.1, 0.15) is 6.10 Å². The highest BCUT2D eigenvalue weighted by molar-refractivity contribution is 5.76. The minimum absolute atomic E-state index is 0.172. The van der Waals surface area contributed by atoms with Crippen molar-refractivity contribution in [1.29, 1.82) is 0 Å². The van der Waals surface area contributed by atoms with Crippen LogP contribution in [0.1, 0.15) is 123 Å². The first-order valence-corrected chi connectivity index (χ1v) is 12.3. The van der Waals surface area contributed by atoms with Crippen LogP contribution in [-0.4, -0.2) is 46.1 Å². The standard InChI is InChI=1S/C24H49NO4/c1-3-5-7-8-9-10-11-12-13-14-15-17-18-22(27)24(29)21(20-26)25-23(28)19-16-6-4-2/h21-22,24,26-27,29H,3-20H2,1-2H3,(H,25,28)/t21?,22?,24-/m0/s1. The van der Waals surface area contributed by atoms with E-state index in [1.54, 1.807) is 0 Å². The zero-order valence-corrected chi connectivity index (χ0v) is 19.2. The first-order valence-electron chi connectivity index (χ1n) is 12.3. The maximum absolute atomic E-state index is 11.9. The molecule has 0 aromatic heterocycles. The van der Waals surface area contributed by atoms with Crippen LogP contribution < -0.4 is 5.32 Å². The van der Waals surface area contributed by atoms with E-state index in [-0.39, 0.29) is 12.5 Å². The molecule has 174 valence electrons. The van der Waals surface area contributed by atoms with Crippen LogP contribution in [0, 0.1) is 0 Å². The third-order valence-electron chi connectivity index (χ3n) is 5.71. The summed E-state index contributed by atoms with van der Waals surface area (Å²) < 4.78 is 0. The predicted octanol–water partition coefficient (Wildman–Crippen LogP) is 4.86. The molecule has 0 bridgehead atoms. The minimum atomic E-state index is -1.12. The Hall–Kier alpha value is -0.650. The van der Waals surface area contributed by atoms with E-state index in [9.17, 15) is 20.1 Å². The number of rotatable bonds is 21. The molecule has 0 radical (unpaired) electrons. The van der Waals surface area contributed by atoms with Gasteiger partial charge in [-0.25, -0.2) is 0 Å². The lowest BCUT2D eigenvalue weighted by Crippen LogP contribution is -2.50. The van der Waals surface area contributed by atoms with Crippen LogP contribution in [0.2, 0.25) is 0 Å². The molecule has 0 saturated carbocycles. The van der Waals surface area contributed by atoms with Crippen molar-refractivity contribution in [3.05, 3.63) is 0 Å². The molecule has 0 aromatic carbocycles. The monoisotopic (exact) mass is 415 g/mol. The van der Waals surface area contributed by atoms with Crippen LogP contribution in [0.3, 0.4) is 0 Å². The van der Waals surface area contributed by atoms with E-state index in [0.29, 0.717) is 12.8 Å². The van der Waals surface area contributed by atoms with Crippen LogP contribution in [0.25, 0.3) is 0 Å². The quantitative estimate of drug-likeness (QED) is 0.202. The van der Waals surface area contributed by atoms with Gasteiger partial charge in [0.15, 0.2) is 0 Å². The van der Waals surface area contributed by atoms with Crippen LogP contribution >= 0.6 is 0 Å². The average Bonchev–Trinajstić information content (AvgIpc) is 2.72. The molecular formula is C24H49NO4. The summed E-state index contributed by atoms with van der Waals surface area (Å²) in [4.78, 5) is 11.9. The van der Waals surface area contributed by atoms with Crippen molar-refractivity contribution in [3.63, 3.8) is 0 Å². The predicted molar refractivity (Wildman–Crippen MR) is 121 cm³/mol. The van der Waals surface area contributed by atoms with Gasteiger partial charge in [-0.05, 0) is 12.8 Å². The lowest BCUT2D eigenvalue weighted by molar-refractivity contribution is -0.124. The minimum Gasteiger partial charge on any atom is -0.394 e. The molecule has 0 aliphatic heterocycles. The summed E-state index contributed by atoms with van der Waals surface area (Å²) in [7, 11) is 0. The Morgan fingerprint density at radius 1 is 0.724 bits per heavy atom. The summed E-state index contributed by atoms with van der Waals surface area (Å²) in [6, 6.07) is -0.795. The Bertz CT molecular complexity index is 365. The molecule has 4 N–H and O–H groups in total. The second-order valence-corrected chi connectivity index (χ2v) is 8.55. The zero-order valence-electron chi connectivity index (χ0n) is 19.2. The molecule has 1 amide bonds. The van der Waals surface area contributed by atoms with Crippen molar-refractivity contribution in [2.75, 3.05) is 6.61 Å². The Morgan fingerprint density at radius 2 is 1.17 bits per heavy atom. The molecule has 5 heteroatoms. The molecular weight excluding hydrogens is 366 g/mol. The topological polar surface area (TPSA) is 89.8 Å². The fourth-order valence-corrected chi connectivity index (χ4v) is 3.69. The Labute approximate surface area is 179 Å². The number of carbonyl (C=O) groups excluding carboxylic acids is 1. The van der Waals surface area contributed by atoms with Gasteiger partial charge >= 0.3 is 0 Å². The summed E-state index contributed by atoms with van der Waals surface area (Å²) >= 11 is 0. The fourth-order valence-electron chi connectivity index (χ4n) is 3.69. The number of hydrogen-bond acceptors (Lipinski definition) is 4. The number of aliphatic hydroxyl groups is 3. The summed E-state index contributed by atoms with van der Waals surface area (Å²) in [5.41, 5.74) is 0. The highest BCUT2D eigenvalue weighted by Gasteiger charge is 2.26. The number of amides is 1. The summed E-state index contributed by atoms with van der Waals surface area (Å²) in [5, 5.41) is 32.6. The van der Waals surface area contributed by atoms with Crippen LogP contribution in [-0.2, 0) is 4.79 Å². The second kappa shape index (κ2) is 20.6. The number of nitrogens with one attached hydrogen (secondary N) is 1. The highest BCUT2D eigenvalue weighted by atomic mass is 16.3. The van der Waals surface area contributed by atoms with Crippen molar-refractivity contribution in [2.24, 2.45) is 0 Å². The van der Waals surface area contributed by atoms with Gasteiger partial charge in [-0.2, -0.15) is 0 Å². The molecule has 0 aromatic rings. The van der Waals surface area contributed by atoms with E-state index >= 15 is 0 Å². The average molecular weight is 416 g/mol. The third-order valence-corrected chi connectivity index (χ3v) is 5.71. The third kappa shape index (κ3) is 16.8. The Morgan fingerprint density at radius 3 is 1.66 bits per heavy atom. The van der Waals surface area contributed by atoms with Gasteiger partial charge in [0, 0.05) is 6.42 Å². The number of hydrogen-bond donors (Lipinski definition) is 4. The van der Waals surface area contributed by atoms with E-state index < -0.39 is 18.2 Å². The molecule has 5 nitrogen and oxygen atoms in total. The normalized spacial score (nSPS) is 14.5. The van der Waals surface area contributed by atoms with E-state index in [1.807, 2.05) is 0 Å². The van der Waals surface area contributed by atoms with Crippen LogP contribution in [0.4, 0.5) is 0 Å². The van der Waals surface area contributed by atoms with E-state index in [2.05, 4.69) is 19.2 Å². The van der Waals surface area contributed by atoms with Gasteiger partial charge in [0.05, 0.1) is 18.8 Å². The number of unbranched alkanes of at least 4 members (excludes halogenated alkanes) is 13. The van der Waals surface area contributed by atoms with Crippen molar-refractivity contribution < 1.29 is 20.1 Å². The van der Waals surface area contributed by atoms with E-state index in [1.165, 1.54) is 57.8 Å². The molecule has 29 heavy (non-hydrogen) atoms. The highest BCUT2D eigenvalue weighted by Crippen LogP contribution is 2.14. The first-order chi connectivity index (χ1) is 14.1. The maximum Gasteiger partial charge on any atom is 0.220 e. The van der Waals surface area contributed by atoms with Crippen molar-refractivity contribution in [2.45, 2.75) is 141 Å². The first kappa shape index (κ1) is 28.4. The second-order valence-electron chi connectivity index (χ2n) is 8.55.